The second-order valence-electron chi connectivity index (χ2n) is 6.58. The van der Waals surface area contributed by atoms with E-state index in [1.54, 1.807) is 12.4 Å². The maximum atomic E-state index is 12.3. The van der Waals surface area contributed by atoms with Crippen molar-refractivity contribution in [2.75, 3.05) is 13.1 Å². The Balaban J connectivity index is 1.73. The van der Waals surface area contributed by atoms with Crippen LogP contribution in [0.4, 0.5) is 0 Å². The molecular formula is C18H28N4O. The van der Waals surface area contributed by atoms with Crippen molar-refractivity contribution >= 4 is 5.91 Å². The van der Waals surface area contributed by atoms with Gasteiger partial charge in [-0.1, -0.05) is 11.6 Å². The molecule has 5 nitrogen and oxygen atoms in total. The highest BCUT2D eigenvalue weighted by Gasteiger charge is 2.24. The largest absolute Gasteiger partial charge is 0.337 e. The van der Waals surface area contributed by atoms with Crippen LogP contribution in [-0.4, -0.2) is 45.9 Å². The first kappa shape index (κ1) is 17.6. The molecule has 1 aromatic heterocycles. The van der Waals surface area contributed by atoms with E-state index in [-0.39, 0.29) is 5.91 Å². The van der Waals surface area contributed by atoms with E-state index < -0.39 is 0 Å². The molecule has 0 unspecified atom stereocenters. The topological polar surface area (TPSA) is 58.1 Å². The lowest BCUT2D eigenvalue weighted by molar-refractivity contribution is 0.0695. The number of amides is 1. The zero-order chi connectivity index (χ0) is 16.7. The smallest absolute Gasteiger partial charge is 0.274 e. The predicted octanol–water partition coefficient (Wildman–Crippen LogP) is 2.81. The van der Waals surface area contributed by atoms with Crippen molar-refractivity contribution < 1.29 is 4.79 Å². The number of nitrogens with zero attached hydrogens (tertiary/aromatic N) is 3. The Hall–Kier alpha value is -1.75. The van der Waals surface area contributed by atoms with Crippen LogP contribution in [-0.2, 0) is 0 Å². The number of nitrogens with one attached hydrogen (secondary N) is 1. The Morgan fingerprint density at radius 3 is 2.74 bits per heavy atom. The zero-order valence-corrected chi connectivity index (χ0v) is 14.5. The van der Waals surface area contributed by atoms with Gasteiger partial charge >= 0.3 is 0 Å². The van der Waals surface area contributed by atoms with Gasteiger partial charge in [-0.3, -0.25) is 9.78 Å². The Morgan fingerprint density at radius 2 is 2.13 bits per heavy atom. The highest BCUT2D eigenvalue weighted by atomic mass is 16.2. The SMILES string of the molecule is CC(C)=CCC[C@@H](C)NC1CCN(C(=O)c2cnccn2)CC1. The van der Waals surface area contributed by atoms with Gasteiger partial charge in [0, 0.05) is 37.6 Å². The van der Waals surface area contributed by atoms with E-state index in [4.69, 9.17) is 0 Å². The van der Waals surface area contributed by atoms with Crippen LogP contribution in [0.3, 0.4) is 0 Å². The standard InChI is InChI=1S/C18H28N4O/c1-14(2)5-4-6-15(3)21-16-7-11-22(12-8-16)18(23)17-13-19-9-10-20-17/h5,9-10,13,15-16,21H,4,6-8,11-12H2,1-3H3/t15-/m1/s1. The summed E-state index contributed by atoms with van der Waals surface area (Å²) >= 11 is 0. The van der Waals surface area contributed by atoms with Gasteiger partial charge in [0.05, 0.1) is 6.20 Å². The third kappa shape index (κ3) is 5.75. The first-order valence-corrected chi connectivity index (χ1v) is 8.51. The second kappa shape index (κ2) is 8.77. The van der Waals surface area contributed by atoms with E-state index >= 15 is 0 Å². The van der Waals surface area contributed by atoms with Gasteiger partial charge in [-0.2, -0.15) is 0 Å². The highest BCUT2D eigenvalue weighted by Crippen LogP contribution is 2.14. The van der Waals surface area contributed by atoms with Crippen molar-refractivity contribution in [3.63, 3.8) is 0 Å². The Kier molecular flexibility index (Phi) is 6.71. The maximum Gasteiger partial charge on any atom is 0.274 e. The molecule has 0 saturated carbocycles. The zero-order valence-electron chi connectivity index (χ0n) is 14.5. The molecule has 1 fully saturated rings. The van der Waals surface area contributed by atoms with Crippen LogP contribution in [0.2, 0.25) is 0 Å². The molecule has 0 aliphatic carbocycles. The van der Waals surface area contributed by atoms with E-state index in [2.05, 4.69) is 42.1 Å². The lowest BCUT2D eigenvalue weighted by atomic mass is 10.0. The van der Waals surface area contributed by atoms with E-state index in [1.165, 1.54) is 11.8 Å². The van der Waals surface area contributed by atoms with Crippen LogP contribution in [0.25, 0.3) is 0 Å². The summed E-state index contributed by atoms with van der Waals surface area (Å²) in [6.45, 7) is 8.10. The van der Waals surface area contributed by atoms with Crippen molar-refractivity contribution in [1.29, 1.82) is 0 Å². The number of carbonyl (C=O) groups is 1. The maximum absolute atomic E-state index is 12.3. The first-order valence-electron chi connectivity index (χ1n) is 8.51. The fourth-order valence-electron chi connectivity index (χ4n) is 2.93. The van der Waals surface area contributed by atoms with Gasteiger partial charge < -0.3 is 10.2 Å². The summed E-state index contributed by atoms with van der Waals surface area (Å²) in [5.41, 5.74) is 1.82. The molecule has 1 aromatic rings. The predicted molar refractivity (Wildman–Crippen MR) is 92.2 cm³/mol. The summed E-state index contributed by atoms with van der Waals surface area (Å²) in [5.74, 6) is -0.00634. The van der Waals surface area contributed by atoms with Crippen LogP contribution in [0, 0.1) is 0 Å². The molecule has 1 atom stereocenters. The number of rotatable bonds is 6. The number of carbonyl (C=O) groups excluding carboxylic acids is 1. The second-order valence-corrected chi connectivity index (χ2v) is 6.58. The van der Waals surface area contributed by atoms with Gasteiger partial charge in [0.2, 0.25) is 0 Å². The summed E-state index contributed by atoms with van der Waals surface area (Å²) in [6, 6.07) is 1.01. The van der Waals surface area contributed by atoms with Gasteiger partial charge in [-0.05, 0) is 46.5 Å². The Morgan fingerprint density at radius 1 is 1.39 bits per heavy atom. The molecule has 1 aliphatic rings. The summed E-state index contributed by atoms with van der Waals surface area (Å²) in [4.78, 5) is 22.3. The quantitative estimate of drug-likeness (QED) is 0.820. The number of aromatic nitrogens is 2. The van der Waals surface area contributed by atoms with Crippen LogP contribution in [0.1, 0.15) is 56.9 Å². The molecule has 1 saturated heterocycles. The fraction of sp³-hybridized carbons (Fsp3) is 0.611. The minimum Gasteiger partial charge on any atom is -0.337 e. The van der Waals surface area contributed by atoms with Gasteiger partial charge in [0.1, 0.15) is 5.69 Å². The normalized spacial score (nSPS) is 16.9. The summed E-state index contributed by atoms with van der Waals surface area (Å²) < 4.78 is 0. The van der Waals surface area contributed by atoms with Crippen LogP contribution < -0.4 is 5.32 Å². The van der Waals surface area contributed by atoms with Crippen molar-refractivity contribution in [1.82, 2.24) is 20.2 Å². The van der Waals surface area contributed by atoms with Gasteiger partial charge in [0.25, 0.3) is 5.91 Å². The minimum absolute atomic E-state index is 0.00634. The van der Waals surface area contributed by atoms with Crippen molar-refractivity contribution in [2.45, 2.75) is 58.5 Å². The van der Waals surface area contributed by atoms with E-state index in [0.717, 1.165) is 38.8 Å². The number of hydrogen-bond acceptors (Lipinski definition) is 4. The number of allylic oxidation sites excluding steroid dienone is 2. The minimum atomic E-state index is -0.00634. The Bertz CT molecular complexity index is 517. The molecule has 1 aliphatic heterocycles. The molecule has 23 heavy (non-hydrogen) atoms. The van der Waals surface area contributed by atoms with Crippen LogP contribution in [0.15, 0.2) is 30.2 Å². The van der Waals surface area contributed by atoms with Crippen LogP contribution >= 0.6 is 0 Å². The Labute approximate surface area is 139 Å². The van der Waals surface area contributed by atoms with E-state index in [0.29, 0.717) is 17.8 Å². The van der Waals surface area contributed by atoms with Crippen LogP contribution in [0.5, 0.6) is 0 Å². The third-order valence-corrected chi connectivity index (χ3v) is 4.24. The first-order chi connectivity index (χ1) is 11.1. The average molecular weight is 316 g/mol. The third-order valence-electron chi connectivity index (χ3n) is 4.24. The molecule has 1 N–H and O–H groups in total. The molecule has 2 heterocycles. The lowest BCUT2D eigenvalue weighted by Gasteiger charge is -2.33. The number of hydrogen-bond donors (Lipinski definition) is 1. The monoisotopic (exact) mass is 316 g/mol. The molecule has 5 heteroatoms. The molecule has 0 spiro atoms. The van der Waals surface area contributed by atoms with Crippen molar-refractivity contribution in [2.24, 2.45) is 0 Å². The van der Waals surface area contributed by atoms with E-state index in [1.807, 2.05) is 4.90 Å². The molecule has 1 amide bonds. The molecule has 126 valence electrons. The molecule has 0 bridgehead atoms. The van der Waals surface area contributed by atoms with Gasteiger partial charge in [-0.25, -0.2) is 4.98 Å². The molecule has 2 rings (SSSR count). The number of likely N-dealkylation sites (tertiary alicyclic amines) is 1. The highest BCUT2D eigenvalue weighted by molar-refractivity contribution is 5.92. The lowest BCUT2D eigenvalue weighted by Crippen LogP contribution is -2.47. The number of piperidine rings is 1. The summed E-state index contributed by atoms with van der Waals surface area (Å²) in [6.07, 6.45) is 11.3. The molecule has 0 radical (unpaired) electrons. The van der Waals surface area contributed by atoms with Gasteiger partial charge in [0.15, 0.2) is 0 Å². The van der Waals surface area contributed by atoms with Crippen molar-refractivity contribution in [3.05, 3.63) is 35.9 Å². The van der Waals surface area contributed by atoms with E-state index in [9.17, 15) is 4.79 Å². The summed E-state index contributed by atoms with van der Waals surface area (Å²) in [7, 11) is 0. The van der Waals surface area contributed by atoms with Crippen molar-refractivity contribution in [3.8, 4) is 0 Å². The molecule has 0 aromatic carbocycles. The fourth-order valence-corrected chi connectivity index (χ4v) is 2.93. The summed E-state index contributed by atoms with van der Waals surface area (Å²) in [5, 5.41) is 3.70. The van der Waals surface area contributed by atoms with Gasteiger partial charge in [-0.15, -0.1) is 0 Å². The average Bonchev–Trinajstić information content (AvgIpc) is 2.55. The molecular weight excluding hydrogens is 288 g/mol.